The van der Waals surface area contributed by atoms with Crippen molar-refractivity contribution in [3.8, 4) is 5.75 Å². The molecule has 1 atom stereocenters. The fraction of sp³-hybridized carbons (Fsp3) is 0.459. The van der Waals surface area contributed by atoms with Crippen LogP contribution in [-0.2, 0) is 112 Å². The molecule has 28 nitrogen and oxygen atoms in total. The number of ether oxygens (including phenoxy) is 7. The second-order valence-corrected chi connectivity index (χ2v) is 36.3. The Balaban J connectivity index is 0.000000193. The van der Waals surface area contributed by atoms with E-state index in [-0.39, 0.29) is 82.9 Å². The number of non-ortho nitro benzene ring substituents is 1. The predicted molar refractivity (Wildman–Crippen MR) is 530 cm³/mol. The van der Waals surface area contributed by atoms with Crippen LogP contribution in [0.2, 0.25) is 0 Å². The fourth-order valence-corrected chi connectivity index (χ4v) is 20.6. The Labute approximate surface area is 841 Å². The van der Waals surface area contributed by atoms with Gasteiger partial charge in [0, 0.05) is 96.8 Å². The van der Waals surface area contributed by atoms with E-state index >= 15 is 0 Å². The van der Waals surface area contributed by atoms with E-state index in [0.717, 1.165) is 236 Å². The molecular formula is C109H139F3N11O17Pd-. The van der Waals surface area contributed by atoms with Gasteiger partial charge in [-0.1, -0.05) is 189 Å². The van der Waals surface area contributed by atoms with E-state index in [4.69, 9.17) is 33.2 Å². The number of nitrogens with one attached hydrogen (secondary N) is 4. The number of likely N-dealkylation sites (tertiary alicyclic amines) is 5. The Morgan fingerprint density at radius 3 is 1.09 bits per heavy atom. The average molecular weight is 2040 g/mol. The summed E-state index contributed by atoms with van der Waals surface area (Å²) in [5.41, 5.74) is 3.84. The van der Waals surface area contributed by atoms with E-state index in [1.165, 1.54) is 85.2 Å². The van der Waals surface area contributed by atoms with Crippen LogP contribution in [0.25, 0.3) is 0 Å². The van der Waals surface area contributed by atoms with Crippen LogP contribution < -0.4 is 26.0 Å². The van der Waals surface area contributed by atoms with Gasteiger partial charge >= 0.3 is 42.0 Å². The van der Waals surface area contributed by atoms with Crippen LogP contribution in [0.1, 0.15) is 155 Å². The van der Waals surface area contributed by atoms with Crippen molar-refractivity contribution in [2.45, 2.75) is 169 Å². The fourth-order valence-electron chi connectivity index (χ4n) is 20.6. The van der Waals surface area contributed by atoms with Crippen molar-refractivity contribution in [1.29, 1.82) is 0 Å². The van der Waals surface area contributed by atoms with Gasteiger partial charge < -0.3 is 76.6 Å². The molecule has 1 unspecified atom stereocenters. The number of ketones is 1. The minimum absolute atomic E-state index is 0. The minimum atomic E-state index is -1.82. The maximum Gasteiger partial charge on any atom is 0.424 e. The number of amides is 3. The largest absolute Gasteiger partial charge is 0.468 e. The first kappa shape index (κ1) is 113. The number of nitro groups is 1. The summed E-state index contributed by atoms with van der Waals surface area (Å²) in [6.07, 6.45) is 14.1. The molecule has 8 fully saturated rings. The van der Waals surface area contributed by atoms with E-state index in [9.17, 15) is 61.6 Å². The molecule has 0 aromatic heterocycles. The van der Waals surface area contributed by atoms with E-state index in [1.54, 1.807) is 0 Å². The topological polar surface area (TPSA) is 312 Å². The summed E-state index contributed by atoms with van der Waals surface area (Å²) in [5, 5.41) is 23.2. The van der Waals surface area contributed by atoms with Gasteiger partial charge in [-0.3, -0.25) is 43.9 Å². The van der Waals surface area contributed by atoms with Crippen LogP contribution in [0.3, 0.4) is 0 Å². The van der Waals surface area contributed by atoms with Crippen LogP contribution >= 0.6 is 0 Å². The predicted octanol–water partition coefficient (Wildman–Crippen LogP) is 15.5. The van der Waals surface area contributed by atoms with Crippen LogP contribution in [0, 0.1) is 35.0 Å². The molecule has 141 heavy (non-hydrogen) atoms. The quantitative estimate of drug-likeness (QED) is 0.00988. The summed E-state index contributed by atoms with van der Waals surface area (Å²) in [7, 11) is 8.21. The zero-order chi connectivity index (χ0) is 98.0. The number of methoxy groups -OCH3 is 6. The molecule has 0 saturated carbocycles. The van der Waals surface area contributed by atoms with Gasteiger partial charge in [-0.05, 0) is 245 Å². The molecule has 0 aliphatic carbocycles. The number of benzene rings is 8. The summed E-state index contributed by atoms with van der Waals surface area (Å²) in [6.45, 7) is 17.8. The number of carbonyl (C=O) groups is 8. The number of hydrogen-bond acceptors (Lipinski definition) is 25. The monoisotopic (exact) mass is 2040 g/mol. The minimum Gasteiger partial charge on any atom is -0.468 e. The summed E-state index contributed by atoms with van der Waals surface area (Å²) < 4.78 is 77.0. The molecular weight excluding hydrogens is 1900 g/mol. The zero-order valence-electron chi connectivity index (χ0n) is 81.4. The molecule has 764 valence electrons. The number of esters is 5. The van der Waals surface area contributed by atoms with Gasteiger partial charge in [0.25, 0.3) is 5.69 Å². The number of halogens is 3. The van der Waals surface area contributed by atoms with Crippen molar-refractivity contribution in [1.82, 2.24) is 50.7 Å². The van der Waals surface area contributed by atoms with Crippen molar-refractivity contribution < 1.29 is 110 Å². The molecule has 32 heteroatoms. The molecule has 8 saturated heterocycles. The third-order valence-corrected chi connectivity index (χ3v) is 28.5. The first-order chi connectivity index (χ1) is 66.9. The standard InChI is InChI=1S/C25H32N2O2.C21H16F3N3O8.2C18H26N2O2.C13H17NO2.C12H15NO.CH4.CH3.Pd/c1-29-24(28)25(22-10-6-3-7-11-22)14-18-27(19-15-25)23-12-16-26(17-13-23)20-21-8-4-2-5-9-21;1-33-9-15-16(19(28)34-2)18(10-7-13(22)17(24)14(23)8-10)26(20(29)25-15)21(30)35-12-5-3-11(4-6-12)27(31)32;2*1-22-17(21)18(15-5-3-2-4-6-15)9-13-20(14-10-18)16-7-11-19-12-8-16;1-16-12(15)13(7-9-14-10-8-13)11-5-3-2-4-6-11;14-12-6-8-13(9-7-12)10-11-4-2-1-3-5-11;;;/h2-11,23H,12-20H2,1H3;3-8,18H,9H2,1-2H3,(H,25,29);2*2-6,16,19H,7-14H2,1H3;2-6,14H,7-10H2,1H3;1-5H,6-10H2;1H4;1H3;/q;;;;;;;-1;. The summed E-state index contributed by atoms with van der Waals surface area (Å²) in [5.74, 6) is -6.37. The van der Waals surface area contributed by atoms with Crippen LogP contribution in [-0.4, -0.2) is 254 Å². The SMILES string of the molecule is C.COC(=O)C1(c2ccccc2)CCN(C2CCN(Cc3ccccc3)CC2)CC1.COC(=O)C1(c2ccccc2)CCN(C2CCNCC2)CC1.COC(=O)C1(c2ccccc2)CCN(C2CCNCC2)CC1.COC(=O)C1(c2ccccc2)CCNCC1.COCC1=C(C(=O)OC)C(c2cc(F)c(F)c(F)c2)N(C(=O)Oc2ccc([N+](=O)[O-])cc2)C(=O)N1.O=C1CCN(Cc2ccccc2)CC1.[CH3-].[Pd]. The molecule has 17 rings (SSSR count). The third kappa shape index (κ3) is 29.3. The molecule has 8 aromatic carbocycles. The number of nitro benzene ring substituents is 1. The van der Waals surface area contributed by atoms with Gasteiger partial charge in [0.2, 0.25) is 0 Å². The molecule has 0 spiro atoms. The molecule has 8 aromatic rings. The van der Waals surface area contributed by atoms with Crippen molar-refractivity contribution in [3.05, 3.63) is 304 Å². The molecule has 0 radical (unpaired) electrons. The maximum absolute atomic E-state index is 14.1. The number of carbonyl (C=O) groups excluding carboxylic acids is 8. The summed E-state index contributed by atoms with van der Waals surface area (Å²) >= 11 is 0. The number of rotatable bonds is 21. The van der Waals surface area contributed by atoms with Gasteiger partial charge in [-0.15, -0.1) is 0 Å². The first-order valence-electron chi connectivity index (χ1n) is 47.9. The van der Waals surface area contributed by atoms with Crippen molar-refractivity contribution >= 4 is 53.4 Å². The van der Waals surface area contributed by atoms with Crippen molar-refractivity contribution in [2.75, 3.05) is 154 Å². The van der Waals surface area contributed by atoms with Gasteiger partial charge in [0.05, 0.1) is 80.0 Å². The molecule has 4 N–H and O–H groups in total. The number of urea groups is 1. The maximum atomic E-state index is 14.1. The number of Topliss-reactive ketones (excluding diaryl/α,β-unsaturated/α-hetero) is 1. The van der Waals surface area contributed by atoms with Gasteiger partial charge in [-0.25, -0.2) is 32.5 Å². The normalized spacial score (nSPS) is 19.4. The van der Waals surface area contributed by atoms with Crippen molar-refractivity contribution in [3.63, 3.8) is 0 Å². The Kier molecular flexibility index (Phi) is 45.0. The van der Waals surface area contributed by atoms with Crippen LogP contribution in [0.5, 0.6) is 5.75 Å². The second-order valence-electron chi connectivity index (χ2n) is 36.3. The third-order valence-electron chi connectivity index (χ3n) is 28.5. The number of nitrogens with zero attached hydrogens (tertiary/aromatic N) is 7. The number of hydrogen-bond donors (Lipinski definition) is 4. The van der Waals surface area contributed by atoms with E-state index < -0.39 is 79.3 Å². The Hall–Kier alpha value is -11.2. The Morgan fingerprint density at radius 1 is 0.426 bits per heavy atom. The van der Waals surface area contributed by atoms with E-state index in [0.29, 0.717) is 40.9 Å². The Morgan fingerprint density at radius 2 is 0.752 bits per heavy atom. The summed E-state index contributed by atoms with van der Waals surface area (Å²) in [6, 6.07) is 65.8. The van der Waals surface area contributed by atoms with Crippen LogP contribution in [0.4, 0.5) is 28.4 Å². The van der Waals surface area contributed by atoms with E-state index in [1.807, 2.05) is 91.0 Å². The number of piperidine rings is 8. The van der Waals surface area contributed by atoms with Crippen molar-refractivity contribution in [2.24, 2.45) is 0 Å². The van der Waals surface area contributed by atoms with Gasteiger partial charge in [0.15, 0.2) is 17.5 Å². The first-order valence-corrected chi connectivity index (χ1v) is 47.9. The number of imide groups is 1. The zero-order valence-corrected chi connectivity index (χ0v) is 82.9. The molecule has 0 bridgehead atoms. The molecule has 9 heterocycles. The van der Waals surface area contributed by atoms with Gasteiger partial charge in [0.1, 0.15) is 17.6 Å². The Bertz CT molecular complexity index is 5170. The molecule has 9 aliphatic rings. The average Bonchev–Trinajstić information content (AvgIpc) is 0.779. The second kappa shape index (κ2) is 56.0. The summed E-state index contributed by atoms with van der Waals surface area (Å²) in [4.78, 5) is 122. The van der Waals surface area contributed by atoms with Crippen LogP contribution in [0.15, 0.2) is 230 Å². The molecule has 9 aliphatic heterocycles. The molecule has 3 amide bonds. The smallest absolute Gasteiger partial charge is 0.424 e. The van der Waals surface area contributed by atoms with E-state index in [2.05, 4.69) is 137 Å². The van der Waals surface area contributed by atoms with Gasteiger partial charge in [-0.2, -0.15) is 0 Å².